The molecule has 138 valence electrons. The molecule has 1 amide bonds. The third-order valence-corrected chi connectivity index (χ3v) is 3.97. The number of halogens is 1. The maximum atomic E-state index is 12.1. The topological polar surface area (TPSA) is 65.1 Å². The van der Waals surface area contributed by atoms with Gasteiger partial charge in [0.1, 0.15) is 23.0 Å². The van der Waals surface area contributed by atoms with Crippen LogP contribution in [0.2, 0.25) is 5.02 Å². The zero-order valence-corrected chi connectivity index (χ0v) is 15.8. The lowest BCUT2D eigenvalue weighted by Gasteiger charge is -2.33. The molecule has 0 spiro atoms. The predicted octanol–water partition coefficient (Wildman–Crippen LogP) is 3.90. The summed E-state index contributed by atoms with van der Waals surface area (Å²) in [5.41, 5.74) is -0.179. The number of carbonyl (C=O) groups excluding carboxylic acids is 2. The van der Waals surface area contributed by atoms with Crippen molar-refractivity contribution in [3.63, 3.8) is 0 Å². The minimum atomic E-state index is -0.513. The van der Waals surface area contributed by atoms with Gasteiger partial charge in [-0.25, -0.2) is 9.59 Å². The van der Waals surface area contributed by atoms with E-state index in [2.05, 4.69) is 0 Å². The molecule has 0 aromatic heterocycles. The fraction of sp³-hybridized carbons (Fsp3) is 0.556. The molecule has 1 aromatic rings. The molecule has 0 aliphatic carbocycles. The number of hydrogen-bond donors (Lipinski definition) is 0. The minimum absolute atomic E-state index is 0.111. The quantitative estimate of drug-likeness (QED) is 0.756. The molecule has 0 unspecified atom stereocenters. The summed E-state index contributed by atoms with van der Waals surface area (Å²) in [6, 6.07) is 4.80. The number of piperidine rings is 1. The SMILES string of the molecule is COC(=O)c1ccc(Cl)cc1OC1CCN(C(=O)OC(C)(C)C)CC1. The van der Waals surface area contributed by atoms with Crippen LogP contribution in [0.3, 0.4) is 0 Å². The normalized spacial score (nSPS) is 15.6. The second-order valence-electron chi connectivity index (χ2n) is 6.92. The van der Waals surface area contributed by atoms with Crippen LogP contribution in [0.15, 0.2) is 18.2 Å². The minimum Gasteiger partial charge on any atom is -0.489 e. The van der Waals surface area contributed by atoms with Crippen LogP contribution in [0.5, 0.6) is 5.75 Å². The number of benzene rings is 1. The van der Waals surface area contributed by atoms with E-state index in [9.17, 15) is 9.59 Å². The van der Waals surface area contributed by atoms with Gasteiger partial charge in [0.15, 0.2) is 0 Å². The van der Waals surface area contributed by atoms with E-state index < -0.39 is 11.6 Å². The van der Waals surface area contributed by atoms with Crippen LogP contribution in [-0.2, 0) is 9.47 Å². The Hall–Kier alpha value is -1.95. The number of likely N-dealkylation sites (tertiary alicyclic amines) is 1. The Labute approximate surface area is 153 Å². The van der Waals surface area contributed by atoms with Gasteiger partial charge in [0.05, 0.1) is 7.11 Å². The fourth-order valence-corrected chi connectivity index (χ4v) is 2.70. The molecule has 1 heterocycles. The summed E-state index contributed by atoms with van der Waals surface area (Å²) < 4.78 is 16.1. The molecule has 1 saturated heterocycles. The molecule has 0 radical (unpaired) electrons. The van der Waals surface area contributed by atoms with Gasteiger partial charge in [0.2, 0.25) is 0 Å². The summed E-state index contributed by atoms with van der Waals surface area (Å²) in [5.74, 6) is -0.0760. The lowest BCUT2D eigenvalue weighted by atomic mass is 10.1. The van der Waals surface area contributed by atoms with Gasteiger partial charge in [-0.1, -0.05) is 11.6 Å². The first kappa shape index (κ1) is 19.4. The summed E-state index contributed by atoms with van der Waals surface area (Å²) in [4.78, 5) is 25.6. The highest BCUT2D eigenvalue weighted by atomic mass is 35.5. The second-order valence-corrected chi connectivity index (χ2v) is 7.35. The average molecular weight is 370 g/mol. The van der Waals surface area contributed by atoms with Crippen LogP contribution in [-0.4, -0.2) is 48.9 Å². The van der Waals surface area contributed by atoms with Crippen LogP contribution in [0.25, 0.3) is 0 Å². The maximum Gasteiger partial charge on any atom is 0.410 e. The number of nitrogens with zero attached hydrogens (tertiary/aromatic N) is 1. The first-order valence-electron chi connectivity index (χ1n) is 8.22. The molecular formula is C18H24ClNO5. The molecular weight excluding hydrogens is 346 g/mol. The second kappa shape index (κ2) is 7.95. The third kappa shape index (κ3) is 5.53. The lowest BCUT2D eigenvalue weighted by Crippen LogP contribution is -2.44. The number of amides is 1. The Bertz CT molecular complexity index is 633. The molecule has 1 aromatic carbocycles. The van der Waals surface area contributed by atoms with Crippen LogP contribution in [0, 0.1) is 0 Å². The van der Waals surface area contributed by atoms with Crippen molar-refractivity contribution < 1.29 is 23.8 Å². The number of hydrogen-bond acceptors (Lipinski definition) is 5. The first-order valence-corrected chi connectivity index (χ1v) is 8.60. The van der Waals surface area contributed by atoms with Gasteiger partial charge in [0, 0.05) is 31.0 Å². The summed E-state index contributed by atoms with van der Waals surface area (Å²) >= 11 is 6.01. The lowest BCUT2D eigenvalue weighted by molar-refractivity contribution is 0.0126. The Kier molecular flexibility index (Phi) is 6.16. The molecule has 6 nitrogen and oxygen atoms in total. The van der Waals surface area contributed by atoms with Crippen LogP contribution >= 0.6 is 11.6 Å². The molecule has 0 bridgehead atoms. The predicted molar refractivity (Wildman–Crippen MR) is 94.2 cm³/mol. The van der Waals surface area contributed by atoms with E-state index in [0.29, 0.717) is 42.3 Å². The van der Waals surface area contributed by atoms with Crippen molar-refractivity contribution in [2.75, 3.05) is 20.2 Å². The number of carbonyl (C=O) groups is 2. The van der Waals surface area contributed by atoms with E-state index in [1.54, 1.807) is 23.1 Å². The third-order valence-electron chi connectivity index (χ3n) is 3.74. The maximum absolute atomic E-state index is 12.1. The number of methoxy groups -OCH3 is 1. The number of ether oxygens (including phenoxy) is 3. The summed E-state index contributed by atoms with van der Waals surface area (Å²) in [5, 5.41) is 0.480. The Balaban J connectivity index is 1.97. The summed E-state index contributed by atoms with van der Waals surface area (Å²) in [6.07, 6.45) is 0.864. The van der Waals surface area contributed by atoms with Crippen molar-refractivity contribution in [1.82, 2.24) is 4.90 Å². The van der Waals surface area contributed by atoms with Crippen LogP contribution in [0.1, 0.15) is 44.0 Å². The highest BCUT2D eigenvalue weighted by Gasteiger charge is 2.28. The molecule has 25 heavy (non-hydrogen) atoms. The largest absolute Gasteiger partial charge is 0.489 e. The van der Waals surface area contributed by atoms with Gasteiger partial charge in [0.25, 0.3) is 0 Å². The molecule has 0 saturated carbocycles. The standard InChI is InChI=1S/C18H24ClNO5/c1-18(2,3)25-17(22)20-9-7-13(8-10-20)24-15-11-12(19)5-6-14(15)16(21)23-4/h5-6,11,13H,7-10H2,1-4H3. The van der Waals surface area contributed by atoms with Crippen molar-refractivity contribution in [3.05, 3.63) is 28.8 Å². The van der Waals surface area contributed by atoms with Gasteiger partial charge in [-0.3, -0.25) is 0 Å². The van der Waals surface area contributed by atoms with E-state index in [0.717, 1.165) is 0 Å². The smallest absolute Gasteiger partial charge is 0.410 e. The van der Waals surface area contributed by atoms with Crippen molar-refractivity contribution in [3.8, 4) is 5.75 Å². The molecule has 0 atom stereocenters. The molecule has 0 N–H and O–H groups in total. The summed E-state index contributed by atoms with van der Waals surface area (Å²) in [7, 11) is 1.32. The molecule has 2 rings (SSSR count). The highest BCUT2D eigenvalue weighted by molar-refractivity contribution is 6.30. The average Bonchev–Trinajstić information content (AvgIpc) is 2.53. The molecule has 1 fully saturated rings. The van der Waals surface area contributed by atoms with Crippen LogP contribution in [0.4, 0.5) is 4.79 Å². The van der Waals surface area contributed by atoms with E-state index in [-0.39, 0.29) is 12.2 Å². The van der Waals surface area contributed by atoms with E-state index in [1.807, 2.05) is 20.8 Å². The number of rotatable bonds is 3. The fourth-order valence-electron chi connectivity index (χ4n) is 2.53. The van der Waals surface area contributed by atoms with Crippen LogP contribution < -0.4 is 4.74 Å². The van der Waals surface area contributed by atoms with Crippen molar-refractivity contribution in [2.45, 2.75) is 45.3 Å². The number of esters is 1. The molecule has 7 heteroatoms. The first-order chi connectivity index (χ1) is 11.7. The van der Waals surface area contributed by atoms with Crippen molar-refractivity contribution in [1.29, 1.82) is 0 Å². The Morgan fingerprint density at radius 2 is 1.84 bits per heavy atom. The van der Waals surface area contributed by atoms with Crippen molar-refractivity contribution >= 4 is 23.7 Å². The summed E-state index contributed by atoms with van der Waals surface area (Å²) in [6.45, 7) is 6.60. The highest BCUT2D eigenvalue weighted by Crippen LogP contribution is 2.27. The monoisotopic (exact) mass is 369 g/mol. The van der Waals surface area contributed by atoms with Gasteiger partial charge >= 0.3 is 12.1 Å². The molecule has 1 aliphatic rings. The van der Waals surface area contributed by atoms with E-state index in [4.69, 9.17) is 25.8 Å². The van der Waals surface area contributed by atoms with E-state index >= 15 is 0 Å². The molecule has 1 aliphatic heterocycles. The van der Waals surface area contributed by atoms with Gasteiger partial charge in [-0.05, 0) is 39.0 Å². The van der Waals surface area contributed by atoms with Crippen molar-refractivity contribution in [2.24, 2.45) is 0 Å². The van der Waals surface area contributed by atoms with E-state index in [1.165, 1.54) is 7.11 Å². The zero-order chi connectivity index (χ0) is 18.6. The Morgan fingerprint density at radius 1 is 1.20 bits per heavy atom. The van der Waals surface area contributed by atoms with Gasteiger partial charge < -0.3 is 19.1 Å². The van der Waals surface area contributed by atoms with Gasteiger partial charge in [-0.2, -0.15) is 0 Å². The zero-order valence-electron chi connectivity index (χ0n) is 15.0. The van der Waals surface area contributed by atoms with Gasteiger partial charge in [-0.15, -0.1) is 0 Å². The Morgan fingerprint density at radius 3 is 2.40 bits per heavy atom.